The van der Waals surface area contributed by atoms with Crippen LogP contribution in [0.3, 0.4) is 0 Å². The molecule has 1 aromatic heterocycles. The highest BCUT2D eigenvalue weighted by Crippen LogP contribution is 2.38. The maximum absolute atomic E-state index is 11.6. The third kappa shape index (κ3) is 2.67. The van der Waals surface area contributed by atoms with Crippen LogP contribution in [0.2, 0.25) is 0 Å². The van der Waals surface area contributed by atoms with Gasteiger partial charge in [0.2, 0.25) is 0 Å². The first kappa shape index (κ1) is 13.8. The van der Waals surface area contributed by atoms with E-state index in [4.69, 9.17) is 4.74 Å². The van der Waals surface area contributed by atoms with E-state index < -0.39 is 0 Å². The van der Waals surface area contributed by atoms with Gasteiger partial charge in [-0.2, -0.15) is 0 Å². The smallest absolute Gasteiger partial charge is 0.310 e. The summed E-state index contributed by atoms with van der Waals surface area (Å²) in [4.78, 5) is 16.3. The van der Waals surface area contributed by atoms with E-state index >= 15 is 0 Å². The van der Waals surface area contributed by atoms with Gasteiger partial charge in [0, 0.05) is 6.42 Å². The van der Waals surface area contributed by atoms with Crippen LogP contribution < -0.4 is 4.74 Å². The number of ether oxygens (including phenoxy) is 1. The van der Waals surface area contributed by atoms with E-state index in [1.165, 1.54) is 0 Å². The summed E-state index contributed by atoms with van der Waals surface area (Å²) in [7, 11) is 0. The van der Waals surface area contributed by atoms with Gasteiger partial charge in [-0.05, 0) is 30.7 Å². The van der Waals surface area contributed by atoms with Gasteiger partial charge in [-0.3, -0.25) is 4.79 Å². The molecule has 3 aromatic rings. The Morgan fingerprint density at radius 3 is 2.76 bits per heavy atom. The van der Waals surface area contributed by atoms with E-state index in [2.05, 4.69) is 4.98 Å². The minimum Gasteiger partial charge on any atom is -0.426 e. The molecule has 0 bridgehead atoms. The quantitative estimate of drug-likeness (QED) is 0.524. The van der Waals surface area contributed by atoms with Crippen LogP contribution in [0.5, 0.6) is 5.75 Å². The molecular formula is C17H15NO2S. The number of fused-ring (bicyclic) bond motifs is 1. The Morgan fingerprint density at radius 1 is 1.19 bits per heavy atom. The fourth-order valence-corrected chi connectivity index (χ4v) is 3.25. The molecule has 3 rings (SSSR count). The van der Waals surface area contributed by atoms with E-state index in [-0.39, 0.29) is 5.97 Å². The molecule has 0 N–H and O–H groups in total. The van der Waals surface area contributed by atoms with Crippen molar-refractivity contribution in [3.8, 4) is 16.3 Å². The Kier molecular flexibility index (Phi) is 3.71. The highest BCUT2D eigenvalue weighted by Gasteiger charge is 2.15. The lowest BCUT2D eigenvalue weighted by Gasteiger charge is -2.10. The van der Waals surface area contributed by atoms with Gasteiger partial charge in [-0.15, -0.1) is 11.3 Å². The predicted molar refractivity (Wildman–Crippen MR) is 85.7 cm³/mol. The molecule has 0 spiro atoms. The van der Waals surface area contributed by atoms with Gasteiger partial charge in [0.1, 0.15) is 10.8 Å². The van der Waals surface area contributed by atoms with Crippen molar-refractivity contribution in [1.29, 1.82) is 0 Å². The Balaban J connectivity index is 2.14. The van der Waals surface area contributed by atoms with Crippen LogP contribution in [0.25, 0.3) is 20.8 Å². The van der Waals surface area contributed by atoms with E-state index in [1.54, 1.807) is 18.3 Å². The number of nitrogens with zero attached hydrogens (tertiary/aromatic N) is 1. The molecule has 0 amide bonds. The lowest BCUT2D eigenvalue weighted by Crippen LogP contribution is -2.06. The predicted octanol–water partition coefficient (Wildman–Crippen LogP) is 4.59. The highest BCUT2D eigenvalue weighted by molar-refractivity contribution is 7.21. The van der Waals surface area contributed by atoms with Gasteiger partial charge in [0.15, 0.2) is 0 Å². The SMILES string of the molecule is CCC(=O)Oc1cccc(C)c1-c1nc2ccccc2s1. The second-order valence-corrected chi connectivity index (χ2v) is 5.79. The molecule has 0 saturated heterocycles. The van der Waals surface area contributed by atoms with Crippen LogP contribution in [0.15, 0.2) is 42.5 Å². The Hall–Kier alpha value is -2.20. The number of hydrogen-bond donors (Lipinski definition) is 0. The lowest BCUT2D eigenvalue weighted by atomic mass is 10.1. The minimum atomic E-state index is -0.233. The van der Waals surface area contributed by atoms with Crippen LogP contribution in [0, 0.1) is 6.92 Å². The lowest BCUT2D eigenvalue weighted by molar-refractivity contribution is -0.133. The topological polar surface area (TPSA) is 39.2 Å². The maximum Gasteiger partial charge on any atom is 0.310 e. The number of aromatic nitrogens is 1. The number of carbonyl (C=O) groups excluding carboxylic acids is 1. The summed E-state index contributed by atoms with van der Waals surface area (Å²) in [5.41, 5.74) is 2.92. The molecule has 0 atom stereocenters. The molecule has 0 aliphatic rings. The molecule has 0 aliphatic heterocycles. The van der Waals surface area contributed by atoms with Crippen molar-refractivity contribution in [2.24, 2.45) is 0 Å². The number of rotatable bonds is 3. The number of para-hydroxylation sites is 1. The molecule has 3 nitrogen and oxygen atoms in total. The first-order valence-corrected chi connectivity index (χ1v) is 7.67. The summed E-state index contributed by atoms with van der Waals surface area (Å²) in [6.45, 7) is 3.79. The van der Waals surface area contributed by atoms with Crippen molar-refractivity contribution in [2.75, 3.05) is 0 Å². The Bertz CT molecular complexity index is 774. The number of thiazole rings is 1. The fraction of sp³-hybridized carbons (Fsp3) is 0.176. The van der Waals surface area contributed by atoms with Gasteiger partial charge in [0.05, 0.1) is 15.8 Å². The van der Waals surface area contributed by atoms with E-state index in [1.807, 2.05) is 49.4 Å². The Morgan fingerprint density at radius 2 is 2.00 bits per heavy atom. The average molecular weight is 297 g/mol. The maximum atomic E-state index is 11.6. The first-order valence-electron chi connectivity index (χ1n) is 6.85. The van der Waals surface area contributed by atoms with E-state index in [0.29, 0.717) is 12.2 Å². The normalized spacial score (nSPS) is 10.8. The Labute approximate surface area is 127 Å². The summed E-state index contributed by atoms with van der Waals surface area (Å²) in [5, 5.41) is 0.883. The summed E-state index contributed by atoms with van der Waals surface area (Å²) in [6.07, 6.45) is 0.354. The molecule has 0 fully saturated rings. The van der Waals surface area contributed by atoms with Crippen LogP contribution in [-0.4, -0.2) is 11.0 Å². The van der Waals surface area contributed by atoms with Gasteiger partial charge in [-0.1, -0.05) is 31.2 Å². The standard InChI is InChI=1S/C17H15NO2S/c1-3-15(19)20-13-9-6-7-11(2)16(13)17-18-12-8-4-5-10-14(12)21-17/h4-10H,3H2,1-2H3. The number of hydrogen-bond acceptors (Lipinski definition) is 4. The largest absolute Gasteiger partial charge is 0.426 e. The van der Waals surface area contributed by atoms with Crippen molar-refractivity contribution in [1.82, 2.24) is 4.98 Å². The molecule has 4 heteroatoms. The zero-order chi connectivity index (χ0) is 14.8. The number of aryl methyl sites for hydroxylation is 1. The second-order valence-electron chi connectivity index (χ2n) is 4.76. The van der Waals surface area contributed by atoms with Gasteiger partial charge in [0.25, 0.3) is 0 Å². The molecule has 21 heavy (non-hydrogen) atoms. The third-order valence-electron chi connectivity index (χ3n) is 3.25. The van der Waals surface area contributed by atoms with Gasteiger partial charge < -0.3 is 4.74 Å². The molecule has 2 aromatic carbocycles. The third-order valence-corrected chi connectivity index (χ3v) is 4.31. The number of carbonyl (C=O) groups is 1. The molecule has 1 heterocycles. The summed E-state index contributed by atoms with van der Waals surface area (Å²) in [5.74, 6) is 0.351. The molecule has 0 aliphatic carbocycles. The summed E-state index contributed by atoms with van der Waals surface area (Å²) < 4.78 is 6.58. The average Bonchev–Trinajstić information content (AvgIpc) is 2.90. The monoisotopic (exact) mass is 297 g/mol. The molecule has 0 radical (unpaired) electrons. The molecule has 0 unspecified atom stereocenters. The zero-order valence-electron chi connectivity index (χ0n) is 11.9. The molecule has 0 saturated carbocycles. The van der Waals surface area contributed by atoms with Crippen molar-refractivity contribution < 1.29 is 9.53 Å². The fourth-order valence-electron chi connectivity index (χ4n) is 2.17. The van der Waals surface area contributed by atoms with E-state index in [9.17, 15) is 4.79 Å². The molecular weight excluding hydrogens is 282 g/mol. The van der Waals surface area contributed by atoms with Crippen molar-refractivity contribution in [2.45, 2.75) is 20.3 Å². The van der Waals surface area contributed by atoms with Crippen molar-refractivity contribution >= 4 is 27.5 Å². The zero-order valence-corrected chi connectivity index (χ0v) is 12.7. The molecule has 106 valence electrons. The number of esters is 1. The minimum absolute atomic E-state index is 0.233. The van der Waals surface area contributed by atoms with E-state index in [0.717, 1.165) is 26.4 Å². The second kappa shape index (κ2) is 5.66. The van der Waals surface area contributed by atoms with Crippen molar-refractivity contribution in [3.05, 3.63) is 48.0 Å². The van der Waals surface area contributed by atoms with Crippen LogP contribution in [0.1, 0.15) is 18.9 Å². The number of benzene rings is 2. The van der Waals surface area contributed by atoms with Gasteiger partial charge in [-0.25, -0.2) is 4.98 Å². The highest BCUT2D eigenvalue weighted by atomic mass is 32.1. The summed E-state index contributed by atoms with van der Waals surface area (Å²) in [6, 6.07) is 13.7. The van der Waals surface area contributed by atoms with Crippen molar-refractivity contribution in [3.63, 3.8) is 0 Å². The van der Waals surface area contributed by atoms with Crippen LogP contribution in [-0.2, 0) is 4.79 Å². The first-order chi connectivity index (χ1) is 10.2. The van der Waals surface area contributed by atoms with Crippen LogP contribution in [0.4, 0.5) is 0 Å². The summed E-state index contributed by atoms with van der Waals surface area (Å²) >= 11 is 1.61. The van der Waals surface area contributed by atoms with Gasteiger partial charge >= 0.3 is 5.97 Å². The van der Waals surface area contributed by atoms with Crippen LogP contribution >= 0.6 is 11.3 Å².